The van der Waals surface area contributed by atoms with Gasteiger partial charge in [0.1, 0.15) is 5.69 Å². The van der Waals surface area contributed by atoms with Crippen LogP contribution in [0, 0.1) is 0 Å². The average molecular weight is 194 g/mol. The molecular weight excluding hydrogens is 188 g/mol. The minimum Gasteiger partial charge on any atom is -0.494 e. The largest absolute Gasteiger partial charge is 0.494 e. The van der Waals surface area contributed by atoms with Crippen molar-refractivity contribution in [3.63, 3.8) is 0 Å². The fourth-order valence-corrected chi connectivity index (χ4v) is 0.947. The first kappa shape index (κ1) is 9.19. The molecule has 0 aliphatic carbocycles. The number of nitrogens with zero attached hydrogens (tertiary/aromatic N) is 1. The number of halogens is 3. The number of hydrogen-bond acceptors (Lipinski definition) is 2. The molecule has 0 saturated heterocycles. The minimum atomic E-state index is -2.60. The summed E-state index contributed by atoms with van der Waals surface area (Å²) in [7, 11) is 1.39. The highest BCUT2D eigenvalue weighted by atomic mass is 35.5. The van der Waals surface area contributed by atoms with E-state index < -0.39 is 6.43 Å². The first-order chi connectivity index (χ1) is 5.65. The summed E-state index contributed by atoms with van der Waals surface area (Å²) >= 11 is 5.50. The van der Waals surface area contributed by atoms with E-state index in [0.717, 1.165) is 0 Å². The summed E-state index contributed by atoms with van der Waals surface area (Å²) in [6.07, 6.45) is -2.60. The van der Waals surface area contributed by atoms with Crippen LogP contribution in [0.4, 0.5) is 8.78 Å². The van der Waals surface area contributed by atoms with Crippen LogP contribution >= 0.6 is 11.6 Å². The Hall–Kier alpha value is -0.900. The van der Waals surface area contributed by atoms with Gasteiger partial charge in [0.2, 0.25) is 0 Å². The van der Waals surface area contributed by atoms with E-state index in [9.17, 15) is 8.78 Å². The molecule has 1 aromatic rings. The fourth-order valence-electron chi connectivity index (χ4n) is 0.709. The first-order valence-electron chi connectivity index (χ1n) is 3.13. The van der Waals surface area contributed by atoms with E-state index in [4.69, 9.17) is 16.3 Å². The maximum Gasteiger partial charge on any atom is 0.280 e. The maximum atomic E-state index is 12.0. The van der Waals surface area contributed by atoms with Crippen molar-refractivity contribution >= 4 is 11.6 Å². The van der Waals surface area contributed by atoms with Gasteiger partial charge in [0.15, 0.2) is 10.9 Å². The Morgan fingerprint density at radius 1 is 1.50 bits per heavy atom. The highest BCUT2D eigenvalue weighted by Gasteiger charge is 2.11. The summed E-state index contributed by atoms with van der Waals surface area (Å²) in [5, 5.41) is -0.0460. The second kappa shape index (κ2) is 3.67. The third kappa shape index (κ3) is 1.82. The van der Waals surface area contributed by atoms with Crippen LogP contribution in [-0.2, 0) is 0 Å². The van der Waals surface area contributed by atoms with Crippen molar-refractivity contribution in [3.8, 4) is 5.75 Å². The molecule has 1 aromatic heterocycles. The quantitative estimate of drug-likeness (QED) is 0.674. The molecule has 0 N–H and O–H groups in total. The van der Waals surface area contributed by atoms with Crippen LogP contribution in [0.25, 0.3) is 0 Å². The number of alkyl halides is 2. The molecule has 0 aromatic carbocycles. The van der Waals surface area contributed by atoms with Crippen molar-refractivity contribution in [2.45, 2.75) is 6.43 Å². The Kier molecular flexibility index (Phi) is 2.81. The summed E-state index contributed by atoms with van der Waals surface area (Å²) in [6, 6.07) is 2.53. The van der Waals surface area contributed by atoms with Crippen molar-refractivity contribution in [1.29, 1.82) is 0 Å². The number of methoxy groups -OCH3 is 1. The highest BCUT2D eigenvalue weighted by molar-refractivity contribution is 6.30. The maximum absolute atomic E-state index is 12.0. The average Bonchev–Trinajstić information content (AvgIpc) is 2.04. The number of ether oxygens (including phenoxy) is 1. The molecule has 66 valence electrons. The number of hydrogen-bond donors (Lipinski definition) is 0. The Balaban J connectivity index is 3.02. The fraction of sp³-hybridized carbons (Fsp3) is 0.286. The van der Waals surface area contributed by atoms with E-state index in [0.29, 0.717) is 5.75 Å². The van der Waals surface area contributed by atoms with Gasteiger partial charge in [-0.3, -0.25) is 0 Å². The van der Waals surface area contributed by atoms with Crippen LogP contribution < -0.4 is 4.74 Å². The molecule has 12 heavy (non-hydrogen) atoms. The number of pyridine rings is 1. The van der Waals surface area contributed by atoms with Crippen LogP contribution in [0.3, 0.4) is 0 Å². The van der Waals surface area contributed by atoms with E-state index in [1.807, 2.05) is 0 Å². The van der Waals surface area contributed by atoms with Gasteiger partial charge in [-0.25, -0.2) is 13.8 Å². The molecule has 0 amide bonds. The molecular formula is C7H6ClF2NO. The molecule has 0 aliphatic heterocycles. The van der Waals surface area contributed by atoms with E-state index in [1.165, 1.54) is 19.2 Å². The van der Waals surface area contributed by atoms with Gasteiger partial charge in [0.05, 0.1) is 7.11 Å². The van der Waals surface area contributed by atoms with Crippen LogP contribution in [0.5, 0.6) is 5.75 Å². The second-order valence-corrected chi connectivity index (χ2v) is 2.39. The monoisotopic (exact) mass is 193 g/mol. The van der Waals surface area contributed by atoms with Gasteiger partial charge in [-0.05, 0) is 12.1 Å². The van der Waals surface area contributed by atoms with E-state index in [-0.39, 0.29) is 10.8 Å². The van der Waals surface area contributed by atoms with E-state index in [2.05, 4.69) is 4.98 Å². The van der Waals surface area contributed by atoms with Crippen LogP contribution in [0.2, 0.25) is 5.15 Å². The van der Waals surface area contributed by atoms with Crippen molar-refractivity contribution in [3.05, 3.63) is 23.0 Å². The summed E-state index contributed by atoms with van der Waals surface area (Å²) < 4.78 is 28.8. The van der Waals surface area contributed by atoms with Crippen molar-refractivity contribution in [2.24, 2.45) is 0 Å². The standard InChI is InChI=1S/C7H6ClF2NO/c1-12-5-3-2-4(7(9)10)11-6(5)8/h2-3,7H,1H3. The van der Waals surface area contributed by atoms with Crippen LogP contribution in [0.15, 0.2) is 12.1 Å². The zero-order chi connectivity index (χ0) is 9.14. The third-order valence-corrected chi connectivity index (χ3v) is 1.55. The molecule has 0 spiro atoms. The smallest absolute Gasteiger partial charge is 0.280 e. The molecule has 0 aliphatic rings. The lowest BCUT2D eigenvalue weighted by Gasteiger charge is -2.03. The first-order valence-corrected chi connectivity index (χ1v) is 3.51. The van der Waals surface area contributed by atoms with Gasteiger partial charge in [-0.1, -0.05) is 11.6 Å². The Bertz CT molecular complexity index is 280. The van der Waals surface area contributed by atoms with Crippen LogP contribution in [-0.4, -0.2) is 12.1 Å². The normalized spacial score (nSPS) is 10.4. The highest BCUT2D eigenvalue weighted by Crippen LogP contribution is 2.25. The van der Waals surface area contributed by atoms with Gasteiger partial charge < -0.3 is 4.74 Å². The van der Waals surface area contributed by atoms with Crippen molar-refractivity contribution < 1.29 is 13.5 Å². The van der Waals surface area contributed by atoms with Gasteiger partial charge >= 0.3 is 0 Å². The summed E-state index contributed by atoms with van der Waals surface area (Å²) in [5.74, 6) is 0.293. The summed E-state index contributed by atoms with van der Waals surface area (Å²) in [6.45, 7) is 0. The predicted octanol–water partition coefficient (Wildman–Crippen LogP) is 2.68. The van der Waals surface area contributed by atoms with Crippen molar-refractivity contribution in [2.75, 3.05) is 7.11 Å². The Morgan fingerprint density at radius 2 is 2.17 bits per heavy atom. The molecule has 0 fully saturated rings. The second-order valence-electron chi connectivity index (χ2n) is 2.03. The molecule has 0 saturated carbocycles. The molecule has 0 bridgehead atoms. The molecule has 1 heterocycles. The molecule has 2 nitrogen and oxygen atoms in total. The Labute approximate surface area is 73.1 Å². The van der Waals surface area contributed by atoms with E-state index in [1.54, 1.807) is 0 Å². The molecule has 1 rings (SSSR count). The van der Waals surface area contributed by atoms with Gasteiger partial charge in [0.25, 0.3) is 6.43 Å². The predicted molar refractivity (Wildman–Crippen MR) is 40.8 cm³/mol. The lowest BCUT2D eigenvalue weighted by molar-refractivity contribution is 0.146. The van der Waals surface area contributed by atoms with Gasteiger partial charge in [0, 0.05) is 0 Å². The topological polar surface area (TPSA) is 22.1 Å². The van der Waals surface area contributed by atoms with E-state index >= 15 is 0 Å². The summed E-state index contributed by atoms with van der Waals surface area (Å²) in [4.78, 5) is 3.43. The summed E-state index contributed by atoms with van der Waals surface area (Å²) in [5.41, 5.74) is -0.346. The Morgan fingerprint density at radius 3 is 2.58 bits per heavy atom. The van der Waals surface area contributed by atoms with Crippen molar-refractivity contribution in [1.82, 2.24) is 4.98 Å². The molecule has 0 unspecified atom stereocenters. The molecule has 0 atom stereocenters. The zero-order valence-corrected chi connectivity index (χ0v) is 6.98. The lowest BCUT2D eigenvalue weighted by atomic mass is 10.3. The number of rotatable bonds is 2. The zero-order valence-electron chi connectivity index (χ0n) is 6.22. The van der Waals surface area contributed by atoms with Gasteiger partial charge in [-0.15, -0.1) is 0 Å². The lowest BCUT2D eigenvalue weighted by Crippen LogP contribution is -1.92. The minimum absolute atomic E-state index is 0.0460. The van der Waals surface area contributed by atoms with Gasteiger partial charge in [-0.2, -0.15) is 0 Å². The van der Waals surface area contributed by atoms with Crippen LogP contribution in [0.1, 0.15) is 12.1 Å². The number of aromatic nitrogens is 1. The SMILES string of the molecule is COc1ccc(C(F)F)nc1Cl. The molecule has 0 radical (unpaired) electrons. The molecule has 5 heteroatoms. The third-order valence-electron chi connectivity index (χ3n) is 1.28.